The maximum atomic E-state index is 13.1. The van der Waals surface area contributed by atoms with Crippen LogP contribution in [0, 0.1) is 18.3 Å². The molecule has 1 spiro atoms. The minimum absolute atomic E-state index is 0.0207. The van der Waals surface area contributed by atoms with Gasteiger partial charge in [-0.15, -0.1) is 0 Å². The molecule has 1 atom stereocenters. The van der Waals surface area contributed by atoms with Gasteiger partial charge >= 0.3 is 0 Å². The standard InChI is InChI=1S/C22H26N4O3S/c1-14-2-3-16-17(10-14)30-21(24-16)26-12-15(11-19(26)28)20(29)25-8-6-22(7-9-25)5-4-18(27)23-13-22/h2-3,10,15H,4-9,11-13H2,1H3,(H,23,27). The first-order chi connectivity index (χ1) is 14.4. The topological polar surface area (TPSA) is 82.6 Å². The largest absolute Gasteiger partial charge is 0.356 e. The Kier molecular flexibility index (Phi) is 4.76. The van der Waals surface area contributed by atoms with Crippen molar-refractivity contribution < 1.29 is 14.4 Å². The Morgan fingerprint density at radius 1 is 1.23 bits per heavy atom. The van der Waals surface area contributed by atoms with Crippen LogP contribution in [-0.2, 0) is 14.4 Å². The summed E-state index contributed by atoms with van der Waals surface area (Å²) in [5.41, 5.74) is 2.20. The second-order valence-corrected chi connectivity index (χ2v) is 9.98. The van der Waals surface area contributed by atoms with Crippen molar-refractivity contribution >= 4 is 44.4 Å². The zero-order chi connectivity index (χ0) is 20.9. The first kappa shape index (κ1) is 19.5. The molecule has 3 saturated heterocycles. The van der Waals surface area contributed by atoms with Crippen LogP contribution < -0.4 is 10.2 Å². The number of carbonyl (C=O) groups excluding carboxylic acids is 3. The van der Waals surface area contributed by atoms with Crippen LogP contribution in [-0.4, -0.2) is 53.8 Å². The molecule has 1 unspecified atom stereocenters. The van der Waals surface area contributed by atoms with E-state index in [0.717, 1.165) is 36.0 Å². The third-order valence-corrected chi connectivity index (χ3v) is 7.96. The van der Waals surface area contributed by atoms with Crippen molar-refractivity contribution in [1.29, 1.82) is 0 Å². The Hall–Kier alpha value is -2.48. The zero-order valence-corrected chi connectivity index (χ0v) is 18.0. The van der Waals surface area contributed by atoms with E-state index in [4.69, 9.17) is 0 Å². The maximum Gasteiger partial charge on any atom is 0.229 e. The van der Waals surface area contributed by atoms with Crippen molar-refractivity contribution in [3.63, 3.8) is 0 Å². The molecule has 2 aromatic rings. The van der Waals surface area contributed by atoms with Gasteiger partial charge in [-0.2, -0.15) is 0 Å². The van der Waals surface area contributed by atoms with Crippen LogP contribution in [0.25, 0.3) is 10.2 Å². The van der Waals surface area contributed by atoms with E-state index >= 15 is 0 Å². The number of nitrogens with one attached hydrogen (secondary N) is 1. The summed E-state index contributed by atoms with van der Waals surface area (Å²) >= 11 is 1.51. The first-order valence-electron chi connectivity index (χ1n) is 10.7. The van der Waals surface area contributed by atoms with Crippen LogP contribution in [0.3, 0.4) is 0 Å². The Morgan fingerprint density at radius 2 is 2.03 bits per heavy atom. The van der Waals surface area contributed by atoms with Gasteiger partial charge in [-0.1, -0.05) is 17.4 Å². The van der Waals surface area contributed by atoms with Crippen LogP contribution in [0.5, 0.6) is 0 Å². The fourth-order valence-corrected chi connectivity index (χ4v) is 6.01. The maximum absolute atomic E-state index is 13.1. The normalized spacial score (nSPS) is 24.0. The predicted octanol–water partition coefficient (Wildman–Crippen LogP) is 2.48. The van der Waals surface area contributed by atoms with E-state index in [1.165, 1.54) is 16.9 Å². The summed E-state index contributed by atoms with van der Waals surface area (Å²) in [5.74, 6) is -0.106. The van der Waals surface area contributed by atoms with Gasteiger partial charge in [0.25, 0.3) is 0 Å². The van der Waals surface area contributed by atoms with E-state index in [1.54, 1.807) is 4.90 Å². The molecule has 3 fully saturated rings. The molecule has 158 valence electrons. The summed E-state index contributed by atoms with van der Waals surface area (Å²) in [6, 6.07) is 6.08. The number of piperidine rings is 2. The van der Waals surface area contributed by atoms with Crippen LogP contribution in [0.2, 0.25) is 0 Å². The molecule has 8 heteroatoms. The Balaban J connectivity index is 1.24. The third kappa shape index (κ3) is 3.47. The van der Waals surface area contributed by atoms with Crippen molar-refractivity contribution in [3.8, 4) is 0 Å². The number of hydrogen-bond donors (Lipinski definition) is 1. The molecule has 1 aromatic heterocycles. The second kappa shape index (κ2) is 7.34. The number of amides is 3. The Labute approximate surface area is 179 Å². The number of rotatable bonds is 2. The van der Waals surface area contributed by atoms with E-state index in [0.29, 0.717) is 31.2 Å². The molecule has 3 aliphatic rings. The summed E-state index contributed by atoms with van der Waals surface area (Å²) in [5, 5.41) is 3.67. The predicted molar refractivity (Wildman–Crippen MR) is 115 cm³/mol. The van der Waals surface area contributed by atoms with Gasteiger partial charge in [0.05, 0.1) is 16.1 Å². The van der Waals surface area contributed by atoms with Gasteiger partial charge in [0.1, 0.15) is 0 Å². The molecule has 1 aromatic carbocycles. The fraction of sp³-hybridized carbons (Fsp3) is 0.545. The number of anilines is 1. The van der Waals surface area contributed by atoms with Crippen LogP contribution in [0.15, 0.2) is 18.2 Å². The van der Waals surface area contributed by atoms with E-state index in [9.17, 15) is 14.4 Å². The van der Waals surface area contributed by atoms with Gasteiger partial charge in [0.2, 0.25) is 17.7 Å². The fourth-order valence-electron chi connectivity index (χ4n) is 4.92. The Bertz CT molecular complexity index is 1010. The molecule has 30 heavy (non-hydrogen) atoms. The van der Waals surface area contributed by atoms with Crippen molar-refractivity contribution in [2.75, 3.05) is 31.1 Å². The van der Waals surface area contributed by atoms with Gasteiger partial charge in [-0.25, -0.2) is 4.98 Å². The zero-order valence-electron chi connectivity index (χ0n) is 17.1. The summed E-state index contributed by atoms with van der Waals surface area (Å²) in [6.07, 6.45) is 3.59. The van der Waals surface area contributed by atoms with Gasteiger partial charge in [-0.3, -0.25) is 19.3 Å². The number of hydrogen-bond acceptors (Lipinski definition) is 5. The van der Waals surface area contributed by atoms with Gasteiger partial charge in [-0.05, 0) is 49.3 Å². The highest BCUT2D eigenvalue weighted by molar-refractivity contribution is 7.22. The molecule has 1 N–H and O–H groups in total. The lowest BCUT2D eigenvalue weighted by molar-refractivity contribution is -0.139. The van der Waals surface area contributed by atoms with Crippen molar-refractivity contribution in [3.05, 3.63) is 23.8 Å². The highest BCUT2D eigenvalue weighted by Gasteiger charge is 2.42. The monoisotopic (exact) mass is 426 g/mol. The van der Waals surface area contributed by atoms with E-state index in [2.05, 4.69) is 16.4 Å². The SMILES string of the molecule is Cc1ccc2nc(N3CC(C(=O)N4CCC5(CCC(=O)NC5)CC4)CC3=O)sc2c1. The quantitative estimate of drug-likeness (QED) is 0.800. The van der Waals surface area contributed by atoms with Crippen molar-refractivity contribution in [2.24, 2.45) is 11.3 Å². The van der Waals surface area contributed by atoms with Crippen LogP contribution in [0.1, 0.15) is 37.7 Å². The summed E-state index contributed by atoms with van der Waals surface area (Å²) < 4.78 is 1.06. The minimum atomic E-state index is -0.300. The lowest BCUT2D eigenvalue weighted by Gasteiger charge is -2.44. The average Bonchev–Trinajstić information content (AvgIpc) is 3.33. The van der Waals surface area contributed by atoms with Crippen molar-refractivity contribution in [1.82, 2.24) is 15.2 Å². The molecule has 3 aliphatic heterocycles. The molecular weight excluding hydrogens is 400 g/mol. The van der Waals surface area contributed by atoms with E-state index in [1.807, 2.05) is 24.0 Å². The second-order valence-electron chi connectivity index (χ2n) is 8.98. The summed E-state index contributed by atoms with van der Waals surface area (Å²) in [7, 11) is 0. The average molecular weight is 427 g/mol. The number of nitrogens with zero attached hydrogens (tertiary/aromatic N) is 3. The summed E-state index contributed by atoms with van der Waals surface area (Å²) in [4.78, 5) is 45.5. The highest BCUT2D eigenvalue weighted by Crippen LogP contribution is 2.39. The number of aryl methyl sites for hydroxylation is 1. The molecular formula is C22H26N4O3S. The number of fused-ring (bicyclic) bond motifs is 1. The molecule has 0 bridgehead atoms. The molecule has 3 amide bonds. The molecule has 0 aliphatic carbocycles. The molecule has 0 radical (unpaired) electrons. The number of benzene rings is 1. The van der Waals surface area contributed by atoms with Gasteiger partial charge < -0.3 is 10.2 Å². The number of thiazole rings is 1. The molecule has 7 nitrogen and oxygen atoms in total. The molecule has 0 saturated carbocycles. The molecule has 5 rings (SSSR count). The van der Waals surface area contributed by atoms with Gasteiger partial charge in [0, 0.05) is 39.0 Å². The Morgan fingerprint density at radius 3 is 2.77 bits per heavy atom. The highest BCUT2D eigenvalue weighted by atomic mass is 32.1. The molecule has 4 heterocycles. The number of likely N-dealkylation sites (tertiary alicyclic amines) is 1. The number of aromatic nitrogens is 1. The van der Waals surface area contributed by atoms with Crippen LogP contribution >= 0.6 is 11.3 Å². The lowest BCUT2D eigenvalue weighted by atomic mass is 9.73. The van der Waals surface area contributed by atoms with Crippen LogP contribution in [0.4, 0.5) is 5.13 Å². The smallest absolute Gasteiger partial charge is 0.229 e. The van der Waals surface area contributed by atoms with Gasteiger partial charge in [0.15, 0.2) is 5.13 Å². The first-order valence-corrected chi connectivity index (χ1v) is 11.5. The lowest BCUT2D eigenvalue weighted by Crippen LogP contribution is -2.51. The number of carbonyl (C=O) groups is 3. The van der Waals surface area contributed by atoms with Crippen molar-refractivity contribution in [2.45, 2.75) is 39.0 Å². The van der Waals surface area contributed by atoms with E-state index in [-0.39, 0.29) is 35.5 Å². The summed E-state index contributed by atoms with van der Waals surface area (Å²) in [6.45, 7) is 4.59. The minimum Gasteiger partial charge on any atom is -0.356 e. The van der Waals surface area contributed by atoms with E-state index < -0.39 is 0 Å². The third-order valence-electron chi connectivity index (χ3n) is 6.92.